The van der Waals surface area contributed by atoms with Crippen LogP contribution in [0.1, 0.15) is 10.4 Å². The first-order valence-corrected chi connectivity index (χ1v) is 5.09. The van der Waals surface area contributed by atoms with Gasteiger partial charge in [0.15, 0.2) is 5.78 Å². The molecule has 80 valence electrons. The lowest BCUT2D eigenvalue weighted by Gasteiger charge is -2.03. The highest BCUT2D eigenvalue weighted by Crippen LogP contribution is 2.19. The summed E-state index contributed by atoms with van der Waals surface area (Å²) in [5, 5.41) is 0.924. The Morgan fingerprint density at radius 1 is 1.20 bits per heavy atom. The minimum atomic E-state index is -0.117. The molecule has 0 aliphatic rings. The SMILES string of the molecule is CN(C)C=CC(=O)c1cc(Cl)cc(Cl)c1. The van der Waals surface area contributed by atoms with Crippen molar-refractivity contribution in [2.24, 2.45) is 0 Å². The Hall–Kier alpha value is -0.990. The van der Waals surface area contributed by atoms with Crippen LogP contribution in [0.4, 0.5) is 0 Å². The molecule has 0 aliphatic heterocycles. The highest BCUT2D eigenvalue weighted by atomic mass is 35.5. The molecule has 1 rings (SSSR count). The molecule has 0 fully saturated rings. The van der Waals surface area contributed by atoms with E-state index in [9.17, 15) is 4.79 Å². The maximum absolute atomic E-state index is 11.6. The van der Waals surface area contributed by atoms with Crippen molar-refractivity contribution in [2.45, 2.75) is 0 Å². The standard InChI is InChI=1S/C11H11Cl2NO/c1-14(2)4-3-11(15)8-5-9(12)7-10(13)6-8/h3-7H,1-2H3. The highest BCUT2D eigenvalue weighted by Gasteiger charge is 2.04. The van der Waals surface area contributed by atoms with Crippen LogP contribution in [-0.2, 0) is 0 Å². The molecule has 4 heteroatoms. The normalized spacial score (nSPS) is 10.7. The summed E-state index contributed by atoms with van der Waals surface area (Å²) in [7, 11) is 3.68. The predicted octanol–water partition coefficient (Wildman–Crippen LogP) is 3.25. The number of hydrogen-bond acceptors (Lipinski definition) is 2. The van der Waals surface area contributed by atoms with Crippen LogP contribution in [0.15, 0.2) is 30.5 Å². The molecule has 0 N–H and O–H groups in total. The van der Waals surface area contributed by atoms with Gasteiger partial charge >= 0.3 is 0 Å². The fourth-order valence-corrected chi connectivity index (χ4v) is 1.54. The van der Waals surface area contributed by atoms with Gasteiger partial charge in [0.05, 0.1) is 0 Å². The summed E-state index contributed by atoms with van der Waals surface area (Å²) in [4.78, 5) is 13.4. The summed E-state index contributed by atoms with van der Waals surface area (Å²) in [6.45, 7) is 0. The van der Waals surface area contributed by atoms with Crippen molar-refractivity contribution in [1.82, 2.24) is 4.90 Å². The second kappa shape index (κ2) is 5.19. The first kappa shape index (κ1) is 12.1. The van der Waals surface area contributed by atoms with E-state index in [4.69, 9.17) is 23.2 Å². The van der Waals surface area contributed by atoms with Crippen molar-refractivity contribution < 1.29 is 4.79 Å². The van der Waals surface area contributed by atoms with Gasteiger partial charge in [-0.1, -0.05) is 23.2 Å². The van der Waals surface area contributed by atoms with Gasteiger partial charge < -0.3 is 4.90 Å². The molecule has 0 radical (unpaired) electrons. The van der Waals surface area contributed by atoms with Gasteiger partial charge in [-0.25, -0.2) is 0 Å². The van der Waals surface area contributed by atoms with Crippen LogP contribution in [-0.4, -0.2) is 24.8 Å². The lowest BCUT2D eigenvalue weighted by Crippen LogP contribution is -2.03. The maximum atomic E-state index is 11.6. The minimum absolute atomic E-state index is 0.117. The molecule has 1 aromatic carbocycles. The number of ketones is 1. The summed E-state index contributed by atoms with van der Waals surface area (Å²) >= 11 is 11.6. The van der Waals surface area contributed by atoms with Gasteiger partial charge in [-0.05, 0) is 18.2 Å². The van der Waals surface area contributed by atoms with E-state index in [2.05, 4.69) is 0 Å². The van der Waals surface area contributed by atoms with E-state index in [-0.39, 0.29) is 5.78 Å². The highest BCUT2D eigenvalue weighted by molar-refractivity contribution is 6.35. The topological polar surface area (TPSA) is 20.3 Å². The van der Waals surface area contributed by atoms with Crippen LogP contribution >= 0.6 is 23.2 Å². The Labute approximate surface area is 99.1 Å². The molecule has 1 aromatic rings. The summed E-state index contributed by atoms with van der Waals surface area (Å²) in [5.74, 6) is -0.117. The number of rotatable bonds is 3. The van der Waals surface area contributed by atoms with Gasteiger partial charge in [-0.2, -0.15) is 0 Å². The van der Waals surface area contributed by atoms with Crippen LogP contribution in [0.2, 0.25) is 10.0 Å². The van der Waals surface area contributed by atoms with E-state index in [1.165, 1.54) is 6.08 Å². The molecule has 0 saturated carbocycles. The van der Waals surface area contributed by atoms with Crippen LogP contribution in [0.25, 0.3) is 0 Å². The summed E-state index contributed by atoms with van der Waals surface area (Å²) in [6.07, 6.45) is 3.15. The van der Waals surface area contributed by atoms with Crippen molar-refractivity contribution in [1.29, 1.82) is 0 Å². The van der Waals surface area contributed by atoms with Crippen molar-refractivity contribution in [3.63, 3.8) is 0 Å². The first-order chi connectivity index (χ1) is 6.99. The predicted molar refractivity (Wildman–Crippen MR) is 63.6 cm³/mol. The molecule has 0 atom stereocenters. The van der Waals surface area contributed by atoms with Crippen LogP contribution < -0.4 is 0 Å². The van der Waals surface area contributed by atoms with E-state index >= 15 is 0 Å². The van der Waals surface area contributed by atoms with E-state index in [0.29, 0.717) is 15.6 Å². The molecular weight excluding hydrogens is 233 g/mol. The summed E-state index contributed by atoms with van der Waals surface area (Å²) in [5.41, 5.74) is 0.491. The molecule has 15 heavy (non-hydrogen) atoms. The van der Waals surface area contributed by atoms with Gasteiger partial charge in [0.1, 0.15) is 0 Å². The zero-order chi connectivity index (χ0) is 11.4. The zero-order valence-corrected chi connectivity index (χ0v) is 10.0. The molecule has 0 heterocycles. The summed E-state index contributed by atoms with van der Waals surface area (Å²) < 4.78 is 0. The quantitative estimate of drug-likeness (QED) is 0.600. The minimum Gasteiger partial charge on any atom is -0.383 e. The smallest absolute Gasteiger partial charge is 0.187 e. The Morgan fingerprint density at radius 2 is 1.73 bits per heavy atom. The molecule has 2 nitrogen and oxygen atoms in total. The fraction of sp³-hybridized carbons (Fsp3) is 0.182. The lowest BCUT2D eigenvalue weighted by atomic mass is 10.1. The first-order valence-electron chi connectivity index (χ1n) is 4.34. The number of allylic oxidation sites excluding steroid dienone is 1. The Bertz CT molecular complexity index is 379. The number of carbonyl (C=O) groups excluding carboxylic acids is 1. The molecule has 0 amide bonds. The van der Waals surface area contributed by atoms with Crippen molar-refractivity contribution >= 4 is 29.0 Å². The average Bonchev–Trinajstić information content (AvgIpc) is 2.12. The number of halogens is 2. The van der Waals surface area contributed by atoms with Crippen LogP contribution in [0, 0.1) is 0 Å². The third kappa shape index (κ3) is 3.94. The van der Waals surface area contributed by atoms with E-state index < -0.39 is 0 Å². The Balaban J connectivity index is 2.91. The molecule has 0 spiro atoms. The zero-order valence-electron chi connectivity index (χ0n) is 8.50. The maximum Gasteiger partial charge on any atom is 0.187 e. The van der Waals surface area contributed by atoms with Crippen LogP contribution in [0.3, 0.4) is 0 Å². The molecule has 0 unspecified atom stereocenters. The molecule has 0 bridgehead atoms. The summed E-state index contributed by atoms with van der Waals surface area (Å²) in [6, 6.07) is 4.78. The third-order valence-corrected chi connectivity index (χ3v) is 2.11. The number of nitrogens with zero attached hydrogens (tertiary/aromatic N) is 1. The Kier molecular flexibility index (Phi) is 4.18. The van der Waals surface area contributed by atoms with Crippen LogP contribution in [0.5, 0.6) is 0 Å². The van der Waals surface area contributed by atoms with Gasteiger partial charge in [-0.3, -0.25) is 4.79 Å². The lowest BCUT2D eigenvalue weighted by molar-refractivity contribution is 0.104. The number of hydrogen-bond donors (Lipinski definition) is 0. The van der Waals surface area contributed by atoms with E-state index in [0.717, 1.165) is 0 Å². The average molecular weight is 244 g/mol. The van der Waals surface area contributed by atoms with Gasteiger partial charge in [0.25, 0.3) is 0 Å². The van der Waals surface area contributed by atoms with E-state index in [1.807, 2.05) is 14.1 Å². The third-order valence-electron chi connectivity index (χ3n) is 1.67. The number of carbonyl (C=O) groups is 1. The fourth-order valence-electron chi connectivity index (χ4n) is 1.01. The second-order valence-corrected chi connectivity index (χ2v) is 4.17. The number of benzene rings is 1. The Morgan fingerprint density at radius 3 is 2.20 bits per heavy atom. The van der Waals surface area contributed by atoms with Crippen molar-refractivity contribution in [2.75, 3.05) is 14.1 Å². The van der Waals surface area contributed by atoms with Gasteiger partial charge in [0.2, 0.25) is 0 Å². The van der Waals surface area contributed by atoms with E-state index in [1.54, 1.807) is 29.3 Å². The molecule has 0 saturated heterocycles. The van der Waals surface area contributed by atoms with Gasteiger partial charge in [-0.15, -0.1) is 0 Å². The van der Waals surface area contributed by atoms with Crippen molar-refractivity contribution in [3.8, 4) is 0 Å². The molecule has 0 aromatic heterocycles. The molecule has 0 aliphatic carbocycles. The molecular formula is C11H11Cl2NO. The largest absolute Gasteiger partial charge is 0.383 e. The van der Waals surface area contributed by atoms with Crippen molar-refractivity contribution in [3.05, 3.63) is 46.1 Å². The monoisotopic (exact) mass is 243 g/mol. The van der Waals surface area contributed by atoms with Gasteiger partial charge in [0, 0.05) is 42.0 Å². The second-order valence-electron chi connectivity index (χ2n) is 3.30.